The maximum atomic E-state index is 13.6. The summed E-state index contributed by atoms with van der Waals surface area (Å²) in [5.41, 5.74) is 0.779. The second kappa shape index (κ2) is 10.6. The first-order chi connectivity index (χ1) is 16.3. The lowest BCUT2D eigenvalue weighted by molar-refractivity contribution is -0.149. The third-order valence-corrected chi connectivity index (χ3v) is 8.75. The molecule has 184 valence electrons. The standard InChI is InChI=1S/C24H29ClN2O6S/c1-3-31-24(28)17-11-13-27(14-12-17)34(29,30)22-16-32-26(2)23(22)18-5-4-6-21(15-18)33-20-9-7-19(25)8-10-20/h4-10,15,17,22-23H,3,11-14,16H2,1-2H3/t22-,23-/m0/s1. The van der Waals surface area contributed by atoms with Crippen molar-refractivity contribution >= 4 is 27.6 Å². The summed E-state index contributed by atoms with van der Waals surface area (Å²) in [6.45, 7) is 2.73. The summed E-state index contributed by atoms with van der Waals surface area (Å²) in [6.07, 6.45) is 0.910. The van der Waals surface area contributed by atoms with Crippen LogP contribution < -0.4 is 4.74 Å². The van der Waals surface area contributed by atoms with Gasteiger partial charge in [0.1, 0.15) is 16.7 Å². The van der Waals surface area contributed by atoms with Crippen LogP contribution in [0.5, 0.6) is 11.5 Å². The zero-order chi connectivity index (χ0) is 24.3. The normalized spacial score (nSPS) is 22.6. The SMILES string of the molecule is CCOC(=O)C1CCN(S(=O)(=O)[C@H]2CON(C)[C@H]2c2cccc(Oc3ccc(Cl)cc3)c2)CC1. The molecule has 2 aromatic rings. The molecule has 0 spiro atoms. The van der Waals surface area contributed by atoms with Gasteiger partial charge >= 0.3 is 5.97 Å². The molecule has 2 aromatic carbocycles. The van der Waals surface area contributed by atoms with Crippen molar-refractivity contribution in [3.8, 4) is 11.5 Å². The predicted octanol–water partition coefficient (Wildman–Crippen LogP) is 4.02. The summed E-state index contributed by atoms with van der Waals surface area (Å²) in [6, 6.07) is 13.9. The van der Waals surface area contributed by atoms with E-state index < -0.39 is 21.3 Å². The number of ether oxygens (including phenoxy) is 2. The molecule has 2 atom stereocenters. The average Bonchev–Trinajstić information content (AvgIpc) is 3.23. The van der Waals surface area contributed by atoms with Crippen molar-refractivity contribution in [3.63, 3.8) is 0 Å². The lowest BCUT2D eigenvalue weighted by atomic mass is 9.98. The van der Waals surface area contributed by atoms with E-state index in [9.17, 15) is 13.2 Å². The van der Waals surface area contributed by atoms with Gasteiger partial charge in [0.25, 0.3) is 0 Å². The number of nitrogens with zero attached hydrogens (tertiary/aromatic N) is 2. The largest absolute Gasteiger partial charge is 0.466 e. The summed E-state index contributed by atoms with van der Waals surface area (Å²) in [5, 5.41) is 1.43. The van der Waals surface area contributed by atoms with Crippen molar-refractivity contribution in [2.75, 3.05) is 33.4 Å². The minimum atomic E-state index is -3.67. The van der Waals surface area contributed by atoms with Gasteiger partial charge < -0.3 is 9.47 Å². The summed E-state index contributed by atoms with van der Waals surface area (Å²) in [5.74, 6) is 0.711. The topological polar surface area (TPSA) is 85.4 Å². The zero-order valence-electron chi connectivity index (χ0n) is 19.2. The Labute approximate surface area is 205 Å². The Morgan fingerprint density at radius 2 is 1.82 bits per heavy atom. The molecule has 0 aromatic heterocycles. The van der Waals surface area contributed by atoms with Crippen LogP contribution in [0, 0.1) is 5.92 Å². The molecule has 2 aliphatic heterocycles. The van der Waals surface area contributed by atoms with E-state index in [-0.39, 0.29) is 18.5 Å². The van der Waals surface area contributed by atoms with Crippen molar-refractivity contribution in [1.29, 1.82) is 0 Å². The Hall–Kier alpha value is -2.17. The Bertz CT molecular complexity index is 1100. The second-order valence-electron chi connectivity index (χ2n) is 8.42. The number of hydroxylamine groups is 2. The Morgan fingerprint density at radius 1 is 1.12 bits per heavy atom. The molecular weight excluding hydrogens is 480 g/mol. The van der Waals surface area contributed by atoms with Gasteiger partial charge in [-0.15, -0.1) is 0 Å². The monoisotopic (exact) mass is 508 g/mol. The number of hydrogen-bond acceptors (Lipinski definition) is 7. The third kappa shape index (κ3) is 5.39. The van der Waals surface area contributed by atoms with Crippen molar-refractivity contribution < 1.29 is 27.5 Å². The molecule has 4 rings (SSSR count). The van der Waals surface area contributed by atoms with E-state index in [0.29, 0.717) is 49.1 Å². The van der Waals surface area contributed by atoms with E-state index in [2.05, 4.69) is 0 Å². The number of benzene rings is 2. The number of hydrogen-bond donors (Lipinski definition) is 0. The highest BCUT2D eigenvalue weighted by Crippen LogP contribution is 2.37. The number of esters is 1. The Kier molecular flexibility index (Phi) is 7.79. The van der Waals surface area contributed by atoms with Gasteiger partial charge in [0.15, 0.2) is 0 Å². The van der Waals surface area contributed by atoms with Crippen LogP contribution in [0.4, 0.5) is 0 Å². The van der Waals surface area contributed by atoms with Crippen LogP contribution in [0.2, 0.25) is 5.02 Å². The van der Waals surface area contributed by atoms with Gasteiger partial charge in [-0.1, -0.05) is 23.7 Å². The highest BCUT2D eigenvalue weighted by Gasteiger charge is 2.46. The van der Waals surface area contributed by atoms with E-state index in [1.807, 2.05) is 24.3 Å². The van der Waals surface area contributed by atoms with Crippen molar-refractivity contribution in [1.82, 2.24) is 9.37 Å². The Balaban J connectivity index is 1.50. The molecule has 2 aliphatic rings. The van der Waals surface area contributed by atoms with Crippen LogP contribution in [0.3, 0.4) is 0 Å². The van der Waals surface area contributed by atoms with E-state index in [0.717, 1.165) is 5.56 Å². The quantitative estimate of drug-likeness (QED) is 0.522. The summed E-state index contributed by atoms with van der Waals surface area (Å²) < 4.78 is 39.7. The number of piperidine rings is 1. The maximum absolute atomic E-state index is 13.6. The van der Waals surface area contributed by atoms with Crippen LogP contribution in [-0.2, 0) is 24.4 Å². The van der Waals surface area contributed by atoms with E-state index in [1.54, 1.807) is 43.3 Å². The number of rotatable bonds is 7. The van der Waals surface area contributed by atoms with Crippen molar-refractivity contribution in [2.45, 2.75) is 31.1 Å². The lowest BCUT2D eigenvalue weighted by Gasteiger charge is -2.33. The first kappa shape index (κ1) is 24.9. The molecule has 2 heterocycles. The van der Waals surface area contributed by atoms with E-state index in [1.165, 1.54) is 4.31 Å². The highest BCUT2D eigenvalue weighted by atomic mass is 35.5. The minimum absolute atomic E-state index is 0.0591. The lowest BCUT2D eigenvalue weighted by Crippen LogP contribution is -2.46. The van der Waals surface area contributed by atoms with Crippen LogP contribution in [0.15, 0.2) is 48.5 Å². The number of carbonyl (C=O) groups is 1. The van der Waals surface area contributed by atoms with Crippen LogP contribution in [-0.4, -0.2) is 62.4 Å². The Morgan fingerprint density at radius 3 is 2.50 bits per heavy atom. The molecule has 10 heteroatoms. The first-order valence-corrected chi connectivity index (χ1v) is 13.2. The zero-order valence-corrected chi connectivity index (χ0v) is 20.8. The van der Waals surface area contributed by atoms with E-state index >= 15 is 0 Å². The van der Waals surface area contributed by atoms with Gasteiger partial charge in [-0.3, -0.25) is 9.63 Å². The molecule has 0 amide bonds. The molecule has 2 saturated heterocycles. The van der Waals surface area contributed by atoms with Gasteiger partial charge in [0.2, 0.25) is 10.0 Å². The van der Waals surface area contributed by atoms with Crippen molar-refractivity contribution in [2.24, 2.45) is 5.92 Å². The smallest absolute Gasteiger partial charge is 0.309 e. The predicted molar refractivity (Wildman–Crippen MR) is 128 cm³/mol. The van der Waals surface area contributed by atoms with E-state index in [4.69, 9.17) is 25.9 Å². The van der Waals surface area contributed by atoms with Gasteiger partial charge in [0.05, 0.1) is 25.2 Å². The van der Waals surface area contributed by atoms with Gasteiger partial charge in [-0.05, 0) is 61.7 Å². The molecule has 0 saturated carbocycles. The molecule has 0 aliphatic carbocycles. The number of sulfonamides is 1. The second-order valence-corrected chi connectivity index (χ2v) is 11.0. The molecule has 0 unspecified atom stereocenters. The summed E-state index contributed by atoms with van der Waals surface area (Å²) in [4.78, 5) is 17.7. The molecular formula is C24H29ClN2O6S. The maximum Gasteiger partial charge on any atom is 0.309 e. The van der Waals surface area contributed by atoms with Gasteiger partial charge in [-0.2, -0.15) is 5.06 Å². The van der Waals surface area contributed by atoms with Gasteiger partial charge in [-0.25, -0.2) is 12.7 Å². The third-order valence-electron chi connectivity index (χ3n) is 6.25. The highest BCUT2D eigenvalue weighted by molar-refractivity contribution is 7.89. The number of halogens is 1. The molecule has 0 radical (unpaired) electrons. The minimum Gasteiger partial charge on any atom is -0.466 e. The number of carbonyl (C=O) groups excluding carboxylic acids is 1. The van der Waals surface area contributed by atoms with Crippen molar-refractivity contribution in [3.05, 3.63) is 59.1 Å². The van der Waals surface area contributed by atoms with Crippen LogP contribution in [0.1, 0.15) is 31.4 Å². The molecule has 34 heavy (non-hydrogen) atoms. The fourth-order valence-electron chi connectivity index (χ4n) is 4.47. The van der Waals surface area contributed by atoms with Crippen LogP contribution >= 0.6 is 11.6 Å². The summed E-state index contributed by atoms with van der Waals surface area (Å²) in [7, 11) is -1.93. The molecule has 2 fully saturated rings. The average molecular weight is 509 g/mol. The fourth-order valence-corrected chi connectivity index (χ4v) is 6.58. The molecule has 0 bridgehead atoms. The molecule has 8 nitrogen and oxygen atoms in total. The fraction of sp³-hybridized carbons (Fsp3) is 0.458. The molecule has 0 N–H and O–H groups in total. The van der Waals surface area contributed by atoms with Gasteiger partial charge in [0, 0.05) is 25.2 Å². The summed E-state index contributed by atoms with van der Waals surface area (Å²) >= 11 is 5.94. The first-order valence-electron chi connectivity index (χ1n) is 11.3. The van der Waals surface area contributed by atoms with Crippen LogP contribution in [0.25, 0.3) is 0 Å².